The normalized spacial score (nSPS) is 25.8. The molecule has 2 rings (SSSR count). The Labute approximate surface area is 113 Å². The average Bonchev–Trinajstić information content (AvgIpc) is 2.63. The van der Waals surface area contributed by atoms with E-state index in [-0.39, 0.29) is 6.04 Å². The summed E-state index contributed by atoms with van der Waals surface area (Å²) in [6, 6.07) is 4.36. The molecular formula is C14H22ClNS. The number of thiophene rings is 1. The number of halogens is 1. The summed E-state index contributed by atoms with van der Waals surface area (Å²) in [5.41, 5.74) is 6.83. The molecule has 0 aromatic carbocycles. The molecule has 3 heteroatoms. The summed E-state index contributed by atoms with van der Waals surface area (Å²) in [6.07, 6.45) is 6.28. The van der Waals surface area contributed by atoms with Crippen LogP contribution in [0.1, 0.15) is 44.4 Å². The number of hydrogen-bond acceptors (Lipinski definition) is 2. The molecule has 1 heterocycles. The third-order valence-electron chi connectivity index (χ3n) is 4.17. The highest BCUT2D eigenvalue weighted by molar-refractivity contribution is 7.16. The molecule has 96 valence electrons. The van der Waals surface area contributed by atoms with Crippen LogP contribution in [0.15, 0.2) is 12.1 Å². The molecule has 1 aromatic rings. The van der Waals surface area contributed by atoms with Gasteiger partial charge in [-0.3, -0.25) is 0 Å². The molecule has 1 fully saturated rings. The predicted molar refractivity (Wildman–Crippen MR) is 76.7 cm³/mol. The van der Waals surface area contributed by atoms with Crippen LogP contribution in [0.5, 0.6) is 0 Å². The third-order valence-corrected chi connectivity index (χ3v) is 5.43. The van der Waals surface area contributed by atoms with Crippen molar-refractivity contribution < 1.29 is 0 Å². The first kappa shape index (κ1) is 13.4. The highest BCUT2D eigenvalue weighted by Gasteiger charge is 2.35. The summed E-state index contributed by atoms with van der Waals surface area (Å²) in [7, 11) is 0. The van der Waals surface area contributed by atoms with Gasteiger partial charge in [0.1, 0.15) is 0 Å². The number of rotatable bonds is 3. The Morgan fingerprint density at radius 1 is 1.47 bits per heavy atom. The van der Waals surface area contributed by atoms with Crippen LogP contribution in [0, 0.1) is 11.3 Å². The molecule has 0 bridgehead atoms. The van der Waals surface area contributed by atoms with Gasteiger partial charge in [-0.1, -0.05) is 38.3 Å². The minimum Gasteiger partial charge on any atom is -0.327 e. The Hall–Kier alpha value is -0.0500. The van der Waals surface area contributed by atoms with Crippen LogP contribution >= 0.6 is 22.9 Å². The second-order valence-electron chi connectivity index (χ2n) is 5.91. The monoisotopic (exact) mass is 271 g/mol. The molecule has 1 saturated carbocycles. The van der Waals surface area contributed by atoms with Crippen molar-refractivity contribution in [1.29, 1.82) is 0 Å². The molecule has 0 radical (unpaired) electrons. The average molecular weight is 272 g/mol. The lowest BCUT2D eigenvalue weighted by Crippen LogP contribution is -2.42. The summed E-state index contributed by atoms with van der Waals surface area (Å²) in [5.74, 6) is 0.650. The Morgan fingerprint density at radius 2 is 2.24 bits per heavy atom. The lowest BCUT2D eigenvalue weighted by molar-refractivity contribution is 0.113. The van der Waals surface area contributed by atoms with Gasteiger partial charge in [-0.25, -0.2) is 0 Å². The summed E-state index contributed by atoms with van der Waals surface area (Å²) in [4.78, 5) is 1.32. The first-order chi connectivity index (χ1) is 7.99. The van der Waals surface area contributed by atoms with E-state index in [4.69, 9.17) is 17.3 Å². The Bertz CT molecular complexity index is 372. The van der Waals surface area contributed by atoms with Gasteiger partial charge in [0.2, 0.25) is 0 Å². The van der Waals surface area contributed by atoms with Crippen LogP contribution in [-0.4, -0.2) is 6.04 Å². The lowest BCUT2D eigenvalue weighted by atomic mass is 9.65. The van der Waals surface area contributed by atoms with Gasteiger partial charge in [0.15, 0.2) is 0 Å². The van der Waals surface area contributed by atoms with Crippen molar-refractivity contribution in [1.82, 2.24) is 0 Å². The van der Waals surface area contributed by atoms with E-state index in [1.807, 2.05) is 6.07 Å². The second-order valence-corrected chi connectivity index (χ2v) is 7.71. The Morgan fingerprint density at radius 3 is 2.82 bits per heavy atom. The standard InChI is InChI=1S/C14H22ClNS/c1-14(2)8-4-3-5-11(14)12(16)9-10-6-7-13(15)17-10/h6-7,11-12H,3-5,8-9,16H2,1-2H3. The molecule has 0 spiro atoms. The van der Waals surface area contributed by atoms with E-state index in [0.717, 1.165) is 10.8 Å². The summed E-state index contributed by atoms with van der Waals surface area (Å²) in [6.45, 7) is 4.75. The van der Waals surface area contributed by atoms with Gasteiger partial charge in [-0.05, 0) is 42.7 Å². The van der Waals surface area contributed by atoms with Crippen molar-refractivity contribution in [2.24, 2.45) is 17.1 Å². The molecule has 0 aliphatic heterocycles. The van der Waals surface area contributed by atoms with E-state index in [2.05, 4.69) is 19.9 Å². The van der Waals surface area contributed by atoms with Crippen LogP contribution in [0.2, 0.25) is 4.34 Å². The first-order valence-electron chi connectivity index (χ1n) is 6.49. The zero-order valence-electron chi connectivity index (χ0n) is 10.7. The Balaban J connectivity index is 2.01. The molecule has 2 unspecified atom stereocenters. The van der Waals surface area contributed by atoms with E-state index >= 15 is 0 Å². The van der Waals surface area contributed by atoms with Crippen LogP contribution in [-0.2, 0) is 6.42 Å². The van der Waals surface area contributed by atoms with Crippen LogP contribution in [0.4, 0.5) is 0 Å². The predicted octanol–water partition coefficient (Wildman–Crippen LogP) is 4.49. The lowest BCUT2D eigenvalue weighted by Gasteiger charge is -2.42. The van der Waals surface area contributed by atoms with Crippen LogP contribution in [0.3, 0.4) is 0 Å². The minimum absolute atomic E-state index is 0.278. The molecule has 0 saturated heterocycles. The largest absolute Gasteiger partial charge is 0.327 e. The molecule has 1 aromatic heterocycles. The van der Waals surface area contributed by atoms with Crippen LogP contribution < -0.4 is 5.73 Å². The van der Waals surface area contributed by atoms with Gasteiger partial charge in [0.05, 0.1) is 4.34 Å². The van der Waals surface area contributed by atoms with Crippen molar-refractivity contribution in [2.45, 2.75) is 52.0 Å². The number of nitrogens with two attached hydrogens (primary N) is 1. The van der Waals surface area contributed by atoms with Gasteiger partial charge in [0.25, 0.3) is 0 Å². The topological polar surface area (TPSA) is 26.0 Å². The maximum absolute atomic E-state index is 6.43. The summed E-state index contributed by atoms with van der Waals surface area (Å²) < 4.78 is 0.870. The Kier molecular flexibility index (Phi) is 4.17. The third kappa shape index (κ3) is 3.24. The smallest absolute Gasteiger partial charge is 0.0931 e. The van der Waals surface area contributed by atoms with Crippen molar-refractivity contribution in [3.63, 3.8) is 0 Å². The maximum Gasteiger partial charge on any atom is 0.0931 e. The quantitative estimate of drug-likeness (QED) is 0.861. The molecule has 1 nitrogen and oxygen atoms in total. The van der Waals surface area contributed by atoms with E-state index in [1.165, 1.54) is 30.6 Å². The van der Waals surface area contributed by atoms with Crippen LogP contribution in [0.25, 0.3) is 0 Å². The summed E-state index contributed by atoms with van der Waals surface area (Å²) in [5, 5.41) is 0. The zero-order chi connectivity index (χ0) is 12.5. The SMILES string of the molecule is CC1(C)CCCCC1C(N)Cc1ccc(Cl)s1. The van der Waals surface area contributed by atoms with Gasteiger partial charge < -0.3 is 5.73 Å². The molecule has 2 N–H and O–H groups in total. The summed E-state index contributed by atoms with van der Waals surface area (Å²) >= 11 is 7.63. The highest BCUT2D eigenvalue weighted by atomic mass is 35.5. The number of hydrogen-bond donors (Lipinski definition) is 1. The van der Waals surface area contributed by atoms with E-state index in [9.17, 15) is 0 Å². The van der Waals surface area contributed by atoms with E-state index in [1.54, 1.807) is 11.3 Å². The minimum atomic E-state index is 0.278. The fraction of sp³-hybridized carbons (Fsp3) is 0.714. The van der Waals surface area contributed by atoms with E-state index < -0.39 is 0 Å². The van der Waals surface area contributed by atoms with Gasteiger partial charge >= 0.3 is 0 Å². The fourth-order valence-electron chi connectivity index (χ4n) is 3.15. The highest BCUT2D eigenvalue weighted by Crippen LogP contribution is 2.42. The first-order valence-corrected chi connectivity index (χ1v) is 7.68. The molecule has 2 atom stereocenters. The van der Waals surface area contributed by atoms with Crippen molar-refractivity contribution >= 4 is 22.9 Å². The second kappa shape index (κ2) is 5.29. The molecular weight excluding hydrogens is 250 g/mol. The molecule has 1 aliphatic carbocycles. The van der Waals surface area contributed by atoms with Crippen molar-refractivity contribution in [3.8, 4) is 0 Å². The maximum atomic E-state index is 6.43. The van der Waals surface area contributed by atoms with Gasteiger partial charge in [0, 0.05) is 10.9 Å². The van der Waals surface area contributed by atoms with Crippen molar-refractivity contribution in [3.05, 3.63) is 21.3 Å². The van der Waals surface area contributed by atoms with E-state index in [0.29, 0.717) is 11.3 Å². The van der Waals surface area contributed by atoms with Gasteiger partial charge in [-0.2, -0.15) is 0 Å². The molecule has 17 heavy (non-hydrogen) atoms. The molecule has 0 amide bonds. The zero-order valence-corrected chi connectivity index (χ0v) is 12.3. The van der Waals surface area contributed by atoms with Gasteiger partial charge in [-0.15, -0.1) is 11.3 Å². The van der Waals surface area contributed by atoms with Crippen molar-refractivity contribution in [2.75, 3.05) is 0 Å². The fourth-order valence-corrected chi connectivity index (χ4v) is 4.31. The molecule has 1 aliphatic rings.